The zero-order valence-corrected chi connectivity index (χ0v) is 9.89. The van der Waals surface area contributed by atoms with E-state index in [-0.39, 0.29) is 5.76 Å². The van der Waals surface area contributed by atoms with Gasteiger partial charge in [-0.05, 0) is 26.8 Å². The number of aromatic carboxylic acids is 1. The van der Waals surface area contributed by atoms with Crippen molar-refractivity contribution in [3.8, 4) is 0 Å². The third kappa shape index (κ3) is 2.20. The molecule has 0 aliphatic heterocycles. The van der Waals surface area contributed by atoms with E-state index in [1.165, 1.54) is 6.07 Å². The molecule has 0 aromatic carbocycles. The molecule has 2 rings (SSSR count). The van der Waals surface area contributed by atoms with E-state index in [0.29, 0.717) is 18.1 Å². The van der Waals surface area contributed by atoms with E-state index in [4.69, 9.17) is 9.52 Å². The highest BCUT2D eigenvalue weighted by Crippen LogP contribution is 2.16. The first-order chi connectivity index (χ1) is 7.97. The monoisotopic (exact) mass is 235 g/mol. The van der Waals surface area contributed by atoms with Crippen LogP contribution in [-0.2, 0) is 6.54 Å². The van der Waals surface area contributed by atoms with Gasteiger partial charge in [0.15, 0.2) is 0 Å². The molecule has 2 aromatic heterocycles. The molecule has 0 radical (unpaired) electrons. The van der Waals surface area contributed by atoms with Gasteiger partial charge in [-0.2, -0.15) is 5.10 Å². The molecule has 0 saturated heterocycles. The summed E-state index contributed by atoms with van der Waals surface area (Å²) in [6, 6.07) is 1.52. The molecular weight excluding hydrogens is 222 g/mol. The second kappa shape index (κ2) is 4.04. The Hall–Kier alpha value is -2.11. The molecular formula is C11H13N3O3. The Bertz CT molecular complexity index is 569. The minimum absolute atomic E-state index is 0.0491. The normalized spacial score (nSPS) is 10.8. The smallest absolute Gasteiger partial charge is 0.371 e. The number of hydrogen-bond acceptors (Lipinski definition) is 4. The molecule has 90 valence electrons. The Morgan fingerprint density at radius 3 is 2.65 bits per heavy atom. The summed E-state index contributed by atoms with van der Waals surface area (Å²) < 4.78 is 6.85. The van der Waals surface area contributed by atoms with E-state index in [1.807, 2.05) is 13.8 Å². The van der Waals surface area contributed by atoms with Crippen molar-refractivity contribution in [3.63, 3.8) is 0 Å². The SMILES string of the molecule is Cc1nc(C)n(Cc2cc(C(=O)O)oc2C)n1. The number of carbonyl (C=O) groups is 1. The Balaban J connectivity index is 2.30. The van der Waals surface area contributed by atoms with E-state index < -0.39 is 5.97 Å². The van der Waals surface area contributed by atoms with Crippen LogP contribution in [0.15, 0.2) is 10.5 Å². The molecule has 6 nitrogen and oxygen atoms in total. The molecule has 1 N–H and O–H groups in total. The van der Waals surface area contributed by atoms with E-state index >= 15 is 0 Å². The molecule has 0 atom stereocenters. The summed E-state index contributed by atoms with van der Waals surface area (Å²) in [5, 5.41) is 13.0. The van der Waals surface area contributed by atoms with Gasteiger partial charge in [0.1, 0.15) is 17.4 Å². The minimum Gasteiger partial charge on any atom is -0.475 e. The van der Waals surface area contributed by atoms with Crippen LogP contribution >= 0.6 is 0 Å². The second-order valence-corrected chi connectivity index (χ2v) is 3.86. The number of furan rings is 1. The van der Waals surface area contributed by atoms with Gasteiger partial charge >= 0.3 is 5.97 Å². The Morgan fingerprint density at radius 1 is 1.47 bits per heavy atom. The number of aromatic nitrogens is 3. The molecule has 0 fully saturated rings. The molecule has 0 bridgehead atoms. The first-order valence-electron chi connectivity index (χ1n) is 5.18. The van der Waals surface area contributed by atoms with Crippen LogP contribution < -0.4 is 0 Å². The van der Waals surface area contributed by atoms with Crippen molar-refractivity contribution in [2.45, 2.75) is 27.3 Å². The average Bonchev–Trinajstić information content (AvgIpc) is 2.73. The highest BCUT2D eigenvalue weighted by molar-refractivity contribution is 5.84. The minimum atomic E-state index is -1.06. The predicted molar refractivity (Wildman–Crippen MR) is 59.0 cm³/mol. The summed E-state index contributed by atoms with van der Waals surface area (Å²) in [5.41, 5.74) is 0.801. The standard InChI is InChI=1S/C11H13N3O3/c1-6-9(4-10(17-6)11(15)16)5-14-8(3)12-7(2)13-14/h4H,5H2,1-3H3,(H,15,16). The van der Waals surface area contributed by atoms with Crippen molar-refractivity contribution in [3.05, 3.63) is 34.8 Å². The quantitative estimate of drug-likeness (QED) is 0.872. The molecule has 0 saturated carbocycles. The number of carboxylic acid groups (broad SMARTS) is 1. The van der Waals surface area contributed by atoms with E-state index in [9.17, 15) is 4.79 Å². The largest absolute Gasteiger partial charge is 0.475 e. The van der Waals surface area contributed by atoms with E-state index in [0.717, 1.165) is 11.4 Å². The molecule has 0 aliphatic carbocycles. The maximum atomic E-state index is 10.8. The van der Waals surface area contributed by atoms with Crippen LogP contribution in [0.3, 0.4) is 0 Å². The Morgan fingerprint density at radius 2 is 2.18 bits per heavy atom. The number of nitrogens with zero attached hydrogens (tertiary/aromatic N) is 3. The summed E-state index contributed by atoms with van der Waals surface area (Å²) in [6.45, 7) is 5.87. The van der Waals surface area contributed by atoms with Crippen LogP contribution in [-0.4, -0.2) is 25.8 Å². The number of carboxylic acids is 1. The summed E-state index contributed by atoms with van der Waals surface area (Å²) in [5.74, 6) is 0.967. The van der Waals surface area contributed by atoms with Crippen LogP contribution in [0.4, 0.5) is 0 Å². The fourth-order valence-electron chi connectivity index (χ4n) is 1.65. The molecule has 6 heteroatoms. The van der Waals surface area contributed by atoms with Crippen LogP contribution in [0.5, 0.6) is 0 Å². The third-order valence-electron chi connectivity index (χ3n) is 2.51. The summed E-state index contributed by atoms with van der Waals surface area (Å²) in [4.78, 5) is 14.9. The van der Waals surface area contributed by atoms with Crippen molar-refractivity contribution >= 4 is 5.97 Å². The van der Waals surface area contributed by atoms with Crippen molar-refractivity contribution < 1.29 is 14.3 Å². The average molecular weight is 235 g/mol. The van der Waals surface area contributed by atoms with Gasteiger partial charge in [-0.25, -0.2) is 14.5 Å². The summed E-state index contributed by atoms with van der Waals surface area (Å²) in [6.07, 6.45) is 0. The zero-order chi connectivity index (χ0) is 12.6. The number of rotatable bonds is 3. The van der Waals surface area contributed by atoms with Gasteiger partial charge < -0.3 is 9.52 Å². The molecule has 0 amide bonds. The first kappa shape index (κ1) is 11.4. The molecule has 2 heterocycles. The van der Waals surface area contributed by atoms with Crippen molar-refractivity contribution in [1.29, 1.82) is 0 Å². The summed E-state index contributed by atoms with van der Waals surface area (Å²) >= 11 is 0. The van der Waals surface area contributed by atoms with E-state index in [2.05, 4.69) is 10.1 Å². The highest BCUT2D eigenvalue weighted by atomic mass is 16.4. The number of aryl methyl sites for hydroxylation is 3. The fourth-order valence-corrected chi connectivity index (χ4v) is 1.65. The second-order valence-electron chi connectivity index (χ2n) is 3.86. The molecule has 0 spiro atoms. The van der Waals surface area contributed by atoms with Gasteiger partial charge in [-0.1, -0.05) is 0 Å². The van der Waals surface area contributed by atoms with Crippen LogP contribution in [0.25, 0.3) is 0 Å². The number of hydrogen-bond donors (Lipinski definition) is 1. The zero-order valence-electron chi connectivity index (χ0n) is 9.89. The lowest BCUT2D eigenvalue weighted by molar-refractivity contribution is 0.0661. The van der Waals surface area contributed by atoms with Gasteiger partial charge in [0.05, 0.1) is 6.54 Å². The van der Waals surface area contributed by atoms with E-state index in [1.54, 1.807) is 11.6 Å². The molecule has 0 unspecified atom stereocenters. The third-order valence-corrected chi connectivity index (χ3v) is 2.51. The highest BCUT2D eigenvalue weighted by Gasteiger charge is 2.14. The van der Waals surface area contributed by atoms with Gasteiger partial charge in [-0.3, -0.25) is 0 Å². The van der Waals surface area contributed by atoms with Crippen LogP contribution in [0, 0.1) is 20.8 Å². The molecule has 0 aliphatic rings. The lowest BCUT2D eigenvalue weighted by atomic mass is 10.2. The first-order valence-corrected chi connectivity index (χ1v) is 5.18. The molecule has 2 aromatic rings. The van der Waals surface area contributed by atoms with Gasteiger partial charge in [-0.15, -0.1) is 0 Å². The predicted octanol–water partition coefficient (Wildman–Crippen LogP) is 1.54. The Kier molecular flexibility index (Phi) is 2.71. The molecule has 17 heavy (non-hydrogen) atoms. The maximum Gasteiger partial charge on any atom is 0.371 e. The van der Waals surface area contributed by atoms with Gasteiger partial charge in [0.25, 0.3) is 0 Å². The van der Waals surface area contributed by atoms with Gasteiger partial charge in [0, 0.05) is 5.56 Å². The van der Waals surface area contributed by atoms with Crippen LogP contribution in [0.2, 0.25) is 0 Å². The Labute approximate surface area is 97.9 Å². The van der Waals surface area contributed by atoms with Crippen LogP contribution in [0.1, 0.15) is 33.5 Å². The van der Waals surface area contributed by atoms with Crippen molar-refractivity contribution in [1.82, 2.24) is 14.8 Å². The van der Waals surface area contributed by atoms with Crippen molar-refractivity contribution in [2.75, 3.05) is 0 Å². The van der Waals surface area contributed by atoms with Gasteiger partial charge in [0.2, 0.25) is 5.76 Å². The fraction of sp³-hybridized carbons (Fsp3) is 0.364. The van der Waals surface area contributed by atoms with Crippen molar-refractivity contribution in [2.24, 2.45) is 0 Å². The lowest BCUT2D eigenvalue weighted by Crippen LogP contribution is -2.04. The summed E-state index contributed by atoms with van der Waals surface area (Å²) in [7, 11) is 0. The topological polar surface area (TPSA) is 81.2 Å². The maximum absolute atomic E-state index is 10.8. The lowest BCUT2D eigenvalue weighted by Gasteiger charge is -2.00.